The molecule has 26 heavy (non-hydrogen) atoms. The Morgan fingerprint density at radius 2 is 1.65 bits per heavy atom. The van der Waals surface area contributed by atoms with Gasteiger partial charge in [0.25, 0.3) is 0 Å². The van der Waals surface area contributed by atoms with Crippen LogP contribution in [-0.4, -0.2) is 32.6 Å². The van der Waals surface area contributed by atoms with Crippen LogP contribution in [0.3, 0.4) is 0 Å². The Morgan fingerprint density at radius 1 is 0.962 bits per heavy atom. The summed E-state index contributed by atoms with van der Waals surface area (Å²) in [7, 11) is -5.74. The number of nitrogens with zero attached hydrogens (tertiary/aromatic N) is 2. The van der Waals surface area contributed by atoms with Crippen LogP contribution in [0.25, 0.3) is 11.0 Å². The molecule has 0 amide bonds. The summed E-state index contributed by atoms with van der Waals surface area (Å²) in [5.74, 6) is -0.131. The molecule has 8 nitrogen and oxygen atoms in total. The molecular weight excluding hydrogens is 396 g/mol. The van der Waals surface area contributed by atoms with Crippen molar-refractivity contribution in [3.05, 3.63) is 53.6 Å². The van der Waals surface area contributed by atoms with Crippen molar-refractivity contribution in [2.75, 3.05) is 7.05 Å². The normalized spacial score (nSPS) is 12.5. The predicted octanol–water partition coefficient (Wildman–Crippen LogP) is 1.22. The highest BCUT2D eigenvalue weighted by atomic mass is 32.2. The first-order valence-electron chi connectivity index (χ1n) is 7.51. The molecule has 1 heterocycles. The molecule has 0 atom stereocenters. The molecule has 0 spiro atoms. The molecule has 2 aromatic carbocycles. The van der Waals surface area contributed by atoms with Crippen molar-refractivity contribution in [3.63, 3.8) is 0 Å². The van der Waals surface area contributed by atoms with Crippen LogP contribution in [-0.2, 0) is 32.3 Å². The Bertz CT molecular complexity index is 1120. The number of benzene rings is 2. The van der Waals surface area contributed by atoms with E-state index in [1.165, 1.54) is 13.1 Å². The molecule has 1 aromatic heterocycles. The van der Waals surface area contributed by atoms with Gasteiger partial charge in [-0.3, -0.25) is 0 Å². The van der Waals surface area contributed by atoms with E-state index in [9.17, 15) is 16.8 Å². The van der Waals surface area contributed by atoms with Gasteiger partial charge < -0.3 is 0 Å². The summed E-state index contributed by atoms with van der Waals surface area (Å²) in [4.78, 5) is 0.0838. The van der Waals surface area contributed by atoms with Gasteiger partial charge in [0.05, 0.1) is 17.5 Å². The Balaban J connectivity index is 1.73. The van der Waals surface area contributed by atoms with Gasteiger partial charge >= 0.3 is 0 Å². The highest BCUT2D eigenvalue weighted by Crippen LogP contribution is 2.21. The average molecular weight is 413 g/mol. The second-order valence-corrected chi connectivity index (χ2v) is 9.68. The number of sulfonamides is 2. The number of nitrogens with one attached hydrogen (secondary N) is 2. The molecule has 0 saturated carbocycles. The third-order valence-corrected chi connectivity index (χ3v) is 7.01. The maximum Gasteiger partial charge on any atom is 0.243 e. The van der Waals surface area contributed by atoms with E-state index in [0.717, 1.165) is 11.7 Å². The zero-order chi connectivity index (χ0) is 18.8. The van der Waals surface area contributed by atoms with Gasteiger partial charge in [-0.2, -0.15) is 8.75 Å². The van der Waals surface area contributed by atoms with Gasteiger partial charge in [-0.15, -0.1) is 0 Å². The molecular formula is C15H16N4O4S3. The molecule has 0 aliphatic heterocycles. The van der Waals surface area contributed by atoms with Crippen LogP contribution in [0.4, 0.5) is 0 Å². The van der Waals surface area contributed by atoms with Crippen molar-refractivity contribution in [2.45, 2.75) is 17.2 Å². The lowest BCUT2D eigenvalue weighted by molar-refractivity contribution is 0.582. The molecule has 3 rings (SSSR count). The molecule has 0 fully saturated rings. The minimum absolute atomic E-state index is 0.0787. The summed E-state index contributed by atoms with van der Waals surface area (Å²) in [6.45, 7) is 0.0787. The molecule has 0 unspecified atom stereocenters. The molecule has 3 aromatic rings. The molecule has 0 aliphatic rings. The number of aromatic nitrogens is 2. The second-order valence-electron chi connectivity index (χ2n) is 5.49. The van der Waals surface area contributed by atoms with E-state index in [0.29, 0.717) is 22.2 Å². The Kier molecular flexibility index (Phi) is 5.34. The molecule has 0 radical (unpaired) electrons. The van der Waals surface area contributed by atoms with Crippen LogP contribution in [0.2, 0.25) is 0 Å². The summed E-state index contributed by atoms with van der Waals surface area (Å²) in [5, 5.41) is 0. The van der Waals surface area contributed by atoms with Crippen molar-refractivity contribution >= 4 is 42.8 Å². The first kappa shape index (κ1) is 18.9. The molecule has 11 heteroatoms. The highest BCUT2D eigenvalue weighted by molar-refractivity contribution is 7.89. The summed E-state index contributed by atoms with van der Waals surface area (Å²) >= 11 is 0.959. The third kappa shape index (κ3) is 4.24. The monoisotopic (exact) mass is 412 g/mol. The largest absolute Gasteiger partial charge is 0.243 e. The Hall–Kier alpha value is -1.92. The summed E-state index contributed by atoms with van der Waals surface area (Å²) in [6.07, 6.45) is 0. The molecule has 0 saturated heterocycles. The number of rotatable bonds is 7. The molecule has 138 valence electrons. The number of hydrogen-bond acceptors (Lipinski definition) is 7. The lowest BCUT2D eigenvalue weighted by atomic mass is 10.1. The van der Waals surface area contributed by atoms with Gasteiger partial charge in [0.1, 0.15) is 15.9 Å². The van der Waals surface area contributed by atoms with Gasteiger partial charge in [0, 0.05) is 6.54 Å². The first-order valence-corrected chi connectivity index (χ1v) is 11.4. The lowest BCUT2D eigenvalue weighted by Gasteiger charge is -2.08. The minimum atomic E-state index is -3.75. The minimum Gasteiger partial charge on any atom is -0.218 e. The average Bonchev–Trinajstić information content (AvgIpc) is 3.09. The van der Waals surface area contributed by atoms with E-state index in [1.54, 1.807) is 36.4 Å². The zero-order valence-electron chi connectivity index (χ0n) is 13.7. The summed E-state index contributed by atoms with van der Waals surface area (Å²) in [6, 6.07) is 11.5. The van der Waals surface area contributed by atoms with Gasteiger partial charge in [-0.25, -0.2) is 26.3 Å². The van der Waals surface area contributed by atoms with Crippen LogP contribution < -0.4 is 9.44 Å². The van der Waals surface area contributed by atoms with Crippen molar-refractivity contribution < 1.29 is 16.8 Å². The van der Waals surface area contributed by atoms with E-state index >= 15 is 0 Å². The van der Waals surface area contributed by atoms with Crippen molar-refractivity contribution in [2.24, 2.45) is 0 Å². The Labute approximate surface area is 155 Å². The van der Waals surface area contributed by atoms with E-state index in [4.69, 9.17) is 0 Å². The maximum absolute atomic E-state index is 12.5. The van der Waals surface area contributed by atoms with Crippen molar-refractivity contribution in [3.8, 4) is 0 Å². The predicted molar refractivity (Wildman–Crippen MR) is 99.6 cm³/mol. The van der Waals surface area contributed by atoms with Gasteiger partial charge in [0.15, 0.2) is 0 Å². The van der Waals surface area contributed by atoms with E-state index in [-0.39, 0.29) is 17.2 Å². The van der Waals surface area contributed by atoms with Crippen LogP contribution in [0.15, 0.2) is 47.4 Å². The third-order valence-electron chi connectivity index (χ3n) is 3.70. The van der Waals surface area contributed by atoms with E-state index in [1.807, 2.05) is 0 Å². The number of fused-ring (bicyclic) bond motifs is 1. The topological polar surface area (TPSA) is 118 Å². The van der Waals surface area contributed by atoms with Gasteiger partial charge in [0.2, 0.25) is 20.0 Å². The van der Waals surface area contributed by atoms with Crippen LogP contribution in [0.5, 0.6) is 0 Å². The molecule has 0 bridgehead atoms. The van der Waals surface area contributed by atoms with Crippen molar-refractivity contribution in [1.29, 1.82) is 0 Å². The van der Waals surface area contributed by atoms with Crippen LogP contribution in [0.1, 0.15) is 11.1 Å². The Morgan fingerprint density at radius 3 is 2.35 bits per heavy atom. The summed E-state index contributed by atoms with van der Waals surface area (Å²) in [5.41, 5.74) is 2.21. The maximum atomic E-state index is 12.5. The number of hydrogen-bond donors (Lipinski definition) is 2. The van der Waals surface area contributed by atoms with Gasteiger partial charge in [-0.05, 0) is 30.3 Å². The fourth-order valence-corrected chi connectivity index (χ4v) is 4.86. The SMILES string of the molecule is CNS(=O)(=O)Cc1ccc(CNS(=O)(=O)c2cccc3nsnc23)cc1. The van der Waals surface area contributed by atoms with Gasteiger partial charge in [-0.1, -0.05) is 30.3 Å². The summed E-state index contributed by atoms with van der Waals surface area (Å²) < 4.78 is 61.0. The van der Waals surface area contributed by atoms with E-state index in [2.05, 4.69) is 18.2 Å². The first-order chi connectivity index (χ1) is 12.3. The highest BCUT2D eigenvalue weighted by Gasteiger charge is 2.19. The fourth-order valence-electron chi connectivity index (χ4n) is 2.30. The van der Waals surface area contributed by atoms with E-state index < -0.39 is 20.0 Å². The van der Waals surface area contributed by atoms with Crippen LogP contribution >= 0.6 is 11.7 Å². The second kappa shape index (κ2) is 7.37. The van der Waals surface area contributed by atoms with Crippen molar-refractivity contribution in [1.82, 2.24) is 18.2 Å². The molecule has 2 N–H and O–H groups in total. The van der Waals surface area contributed by atoms with Crippen LogP contribution in [0, 0.1) is 0 Å². The zero-order valence-corrected chi connectivity index (χ0v) is 16.2. The molecule has 0 aliphatic carbocycles. The fraction of sp³-hybridized carbons (Fsp3) is 0.200. The smallest absolute Gasteiger partial charge is 0.218 e. The quantitative estimate of drug-likeness (QED) is 0.602. The standard InChI is InChI=1S/C15H16N4O4S3/c1-16-25(20,21)10-12-7-5-11(6-8-12)9-17-26(22,23)14-4-2-3-13-15(14)19-24-18-13/h2-8,16-17H,9-10H2,1H3. The lowest BCUT2D eigenvalue weighted by Crippen LogP contribution is -2.23.